The van der Waals surface area contributed by atoms with Gasteiger partial charge >= 0.3 is 6.18 Å². The minimum Gasteiger partial charge on any atom is -0.456 e. The largest absolute Gasteiger partial charge is 0.456 e. The Morgan fingerprint density at radius 1 is 1.33 bits per heavy atom. The number of alkyl halides is 3. The molecule has 0 aliphatic carbocycles. The summed E-state index contributed by atoms with van der Waals surface area (Å²) < 4.78 is 50.4. The van der Waals surface area contributed by atoms with E-state index in [0.717, 1.165) is 4.68 Å². The standard InChI is InChI=1S/C18H22F3N3O3/c1-4-13-5-6-15(27-13)17(25)23-7-8-26-9-14(23)16-11(2)22-24(12(16)3)10-18(19,20)21/h5-6,14H,4,7-10H2,1-3H3/t14-/m0/s1. The lowest BCUT2D eigenvalue weighted by Crippen LogP contribution is -2.43. The molecule has 2 aromatic heterocycles. The number of morpholine rings is 1. The van der Waals surface area contributed by atoms with Gasteiger partial charge in [-0.1, -0.05) is 6.92 Å². The molecule has 0 saturated carbocycles. The number of halogens is 3. The molecule has 1 amide bonds. The van der Waals surface area contributed by atoms with E-state index >= 15 is 0 Å². The van der Waals surface area contributed by atoms with Crippen LogP contribution in [0.2, 0.25) is 0 Å². The van der Waals surface area contributed by atoms with Crippen molar-refractivity contribution in [2.75, 3.05) is 19.8 Å². The van der Waals surface area contributed by atoms with Gasteiger partial charge in [0, 0.05) is 24.2 Å². The number of aryl methyl sites for hydroxylation is 2. The Labute approximate surface area is 154 Å². The topological polar surface area (TPSA) is 60.5 Å². The molecule has 1 saturated heterocycles. The lowest BCUT2D eigenvalue weighted by molar-refractivity contribution is -0.143. The third kappa shape index (κ3) is 4.02. The quantitative estimate of drug-likeness (QED) is 0.809. The Hall–Kier alpha value is -2.29. The van der Waals surface area contributed by atoms with Crippen molar-refractivity contribution in [3.8, 4) is 0 Å². The van der Waals surface area contributed by atoms with Crippen LogP contribution in [0.4, 0.5) is 13.2 Å². The number of hydrogen-bond donors (Lipinski definition) is 0. The summed E-state index contributed by atoms with van der Waals surface area (Å²) in [6.45, 7) is 4.88. The van der Waals surface area contributed by atoms with Crippen molar-refractivity contribution >= 4 is 5.91 Å². The molecule has 1 aliphatic heterocycles. The Balaban J connectivity index is 1.93. The average Bonchev–Trinajstić information content (AvgIpc) is 3.18. The second kappa shape index (κ2) is 7.38. The van der Waals surface area contributed by atoms with Gasteiger partial charge in [0.1, 0.15) is 12.3 Å². The van der Waals surface area contributed by atoms with Crippen LogP contribution in [0.1, 0.15) is 46.2 Å². The lowest BCUT2D eigenvalue weighted by Gasteiger charge is -2.35. The van der Waals surface area contributed by atoms with Gasteiger partial charge in [0.15, 0.2) is 5.76 Å². The predicted octanol–water partition coefficient (Wildman–Crippen LogP) is 3.43. The van der Waals surface area contributed by atoms with Crippen LogP contribution >= 0.6 is 0 Å². The molecule has 0 N–H and O–H groups in total. The summed E-state index contributed by atoms with van der Waals surface area (Å²) in [5.74, 6) is 0.621. The fourth-order valence-corrected chi connectivity index (χ4v) is 3.43. The molecule has 3 heterocycles. The van der Waals surface area contributed by atoms with Crippen molar-refractivity contribution < 1.29 is 27.1 Å². The van der Waals surface area contributed by atoms with E-state index in [-0.39, 0.29) is 18.3 Å². The van der Waals surface area contributed by atoms with Gasteiger partial charge in [-0.2, -0.15) is 18.3 Å². The van der Waals surface area contributed by atoms with Crippen molar-refractivity contribution in [3.05, 3.63) is 40.6 Å². The molecule has 0 bridgehead atoms. The lowest BCUT2D eigenvalue weighted by atomic mass is 10.0. The van der Waals surface area contributed by atoms with Crippen molar-refractivity contribution in [2.24, 2.45) is 0 Å². The average molecular weight is 385 g/mol. The SMILES string of the molecule is CCc1ccc(C(=O)N2CCOC[C@H]2c2c(C)nn(CC(F)(F)F)c2C)o1. The summed E-state index contributed by atoms with van der Waals surface area (Å²) in [6.07, 6.45) is -3.70. The summed E-state index contributed by atoms with van der Waals surface area (Å²) in [7, 11) is 0. The van der Waals surface area contributed by atoms with Crippen molar-refractivity contribution in [3.63, 3.8) is 0 Å². The van der Waals surface area contributed by atoms with Crippen LogP contribution in [0.3, 0.4) is 0 Å². The summed E-state index contributed by atoms with van der Waals surface area (Å²) >= 11 is 0. The first kappa shape index (κ1) is 19.5. The molecule has 0 aromatic carbocycles. The van der Waals surface area contributed by atoms with Crippen LogP contribution in [-0.2, 0) is 17.7 Å². The highest BCUT2D eigenvalue weighted by Gasteiger charge is 2.36. The number of hydrogen-bond acceptors (Lipinski definition) is 4. The monoisotopic (exact) mass is 385 g/mol. The highest BCUT2D eigenvalue weighted by molar-refractivity contribution is 5.92. The number of amides is 1. The first-order chi connectivity index (χ1) is 12.7. The Bertz CT molecular complexity index is 826. The minimum atomic E-state index is -4.37. The number of carbonyl (C=O) groups excluding carboxylic acids is 1. The van der Waals surface area contributed by atoms with E-state index in [0.29, 0.717) is 42.3 Å². The van der Waals surface area contributed by atoms with E-state index in [4.69, 9.17) is 9.15 Å². The zero-order valence-electron chi connectivity index (χ0n) is 15.5. The van der Waals surface area contributed by atoms with Gasteiger partial charge in [-0.3, -0.25) is 9.48 Å². The predicted molar refractivity (Wildman–Crippen MR) is 90.4 cm³/mol. The Morgan fingerprint density at radius 2 is 2.07 bits per heavy atom. The van der Waals surface area contributed by atoms with E-state index in [1.807, 2.05) is 6.92 Å². The van der Waals surface area contributed by atoms with Crippen molar-refractivity contribution in [1.82, 2.24) is 14.7 Å². The molecular weight excluding hydrogens is 363 g/mol. The maximum Gasteiger partial charge on any atom is 0.408 e. The van der Waals surface area contributed by atoms with Gasteiger partial charge in [-0.25, -0.2) is 0 Å². The van der Waals surface area contributed by atoms with Crippen LogP contribution in [0.25, 0.3) is 0 Å². The Kier molecular flexibility index (Phi) is 5.32. The second-order valence-corrected chi connectivity index (χ2v) is 6.57. The highest BCUT2D eigenvalue weighted by atomic mass is 19.4. The van der Waals surface area contributed by atoms with Crippen molar-refractivity contribution in [2.45, 2.75) is 46.0 Å². The van der Waals surface area contributed by atoms with Gasteiger partial charge in [-0.05, 0) is 26.0 Å². The number of aromatic nitrogens is 2. The molecular formula is C18H22F3N3O3. The highest BCUT2D eigenvalue weighted by Crippen LogP contribution is 2.32. The van der Waals surface area contributed by atoms with Gasteiger partial charge in [0.05, 0.1) is 24.9 Å². The molecule has 1 aliphatic rings. The van der Waals surface area contributed by atoms with Crippen LogP contribution in [0, 0.1) is 13.8 Å². The summed E-state index contributed by atoms with van der Waals surface area (Å²) in [4.78, 5) is 14.5. The number of carbonyl (C=O) groups is 1. The number of rotatable bonds is 4. The van der Waals surface area contributed by atoms with Crippen LogP contribution in [0.15, 0.2) is 16.5 Å². The van der Waals surface area contributed by atoms with E-state index in [1.165, 1.54) is 0 Å². The van der Waals surface area contributed by atoms with Crippen LogP contribution in [-0.4, -0.2) is 46.5 Å². The third-order valence-electron chi connectivity index (χ3n) is 4.71. The fraction of sp³-hybridized carbons (Fsp3) is 0.556. The number of ether oxygens (including phenoxy) is 1. The van der Waals surface area contributed by atoms with Gasteiger partial charge in [0.2, 0.25) is 0 Å². The molecule has 148 valence electrons. The first-order valence-corrected chi connectivity index (χ1v) is 8.79. The third-order valence-corrected chi connectivity index (χ3v) is 4.71. The molecule has 3 rings (SSSR count). The molecule has 27 heavy (non-hydrogen) atoms. The smallest absolute Gasteiger partial charge is 0.408 e. The molecule has 6 nitrogen and oxygen atoms in total. The minimum absolute atomic E-state index is 0.201. The summed E-state index contributed by atoms with van der Waals surface area (Å²) in [5, 5.41) is 4.03. The normalized spacial score (nSPS) is 18.1. The van der Waals surface area contributed by atoms with Gasteiger partial charge in [0.25, 0.3) is 5.91 Å². The van der Waals surface area contributed by atoms with Crippen molar-refractivity contribution in [1.29, 1.82) is 0 Å². The van der Waals surface area contributed by atoms with Gasteiger partial charge in [-0.15, -0.1) is 0 Å². The molecule has 0 unspecified atom stereocenters. The molecule has 0 spiro atoms. The zero-order valence-corrected chi connectivity index (χ0v) is 15.5. The maximum absolute atomic E-state index is 12.9. The number of nitrogens with zero attached hydrogens (tertiary/aromatic N) is 3. The molecule has 2 aromatic rings. The molecule has 1 fully saturated rings. The van der Waals surface area contributed by atoms with Crippen LogP contribution in [0.5, 0.6) is 0 Å². The molecule has 1 atom stereocenters. The zero-order chi connectivity index (χ0) is 19.8. The van der Waals surface area contributed by atoms with E-state index in [2.05, 4.69) is 5.10 Å². The van der Waals surface area contributed by atoms with E-state index in [1.54, 1.807) is 30.9 Å². The Morgan fingerprint density at radius 3 is 2.70 bits per heavy atom. The number of furan rings is 1. The van der Waals surface area contributed by atoms with Gasteiger partial charge < -0.3 is 14.1 Å². The first-order valence-electron chi connectivity index (χ1n) is 8.79. The maximum atomic E-state index is 12.9. The second-order valence-electron chi connectivity index (χ2n) is 6.57. The summed E-state index contributed by atoms with van der Waals surface area (Å²) in [6, 6.07) is 2.87. The van der Waals surface area contributed by atoms with E-state index < -0.39 is 18.8 Å². The summed E-state index contributed by atoms with van der Waals surface area (Å²) in [5.41, 5.74) is 1.43. The molecule has 9 heteroatoms. The van der Waals surface area contributed by atoms with E-state index in [9.17, 15) is 18.0 Å². The van der Waals surface area contributed by atoms with Crippen LogP contribution < -0.4 is 0 Å². The molecule has 0 radical (unpaired) electrons. The fourth-order valence-electron chi connectivity index (χ4n) is 3.43.